The number of hydrogen-bond donors (Lipinski definition) is 8. The van der Waals surface area contributed by atoms with Gasteiger partial charge in [-0.1, -0.05) is 11.6 Å². The molecule has 0 spiro atoms. The van der Waals surface area contributed by atoms with E-state index in [9.17, 15) is 45.6 Å². The van der Waals surface area contributed by atoms with Gasteiger partial charge in [-0.05, 0) is 51.5 Å². The molecule has 15 nitrogen and oxygen atoms in total. The zero-order valence-corrected chi connectivity index (χ0v) is 26.6. The summed E-state index contributed by atoms with van der Waals surface area (Å²) < 4.78 is 34.5. The smallest absolute Gasteiger partial charge is 0.239 e. The summed E-state index contributed by atoms with van der Waals surface area (Å²) in [5.74, 6) is -0.922. The molecule has 262 valence electrons. The van der Waals surface area contributed by atoms with E-state index >= 15 is 0 Å². The predicted octanol–water partition coefficient (Wildman–Crippen LogP) is 0.0679. The zero-order valence-electron chi connectivity index (χ0n) is 26.6. The van der Waals surface area contributed by atoms with Crippen LogP contribution in [0.25, 0.3) is 22.3 Å². The Morgan fingerprint density at radius 3 is 2.10 bits per heavy atom. The van der Waals surface area contributed by atoms with Gasteiger partial charge in [-0.15, -0.1) is 0 Å². The van der Waals surface area contributed by atoms with Crippen molar-refractivity contribution in [2.75, 3.05) is 13.7 Å². The molecule has 0 bridgehead atoms. The molecule has 8 N–H and O–H groups in total. The maximum atomic E-state index is 14.3. The van der Waals surface area contributed by atoms with Crippen LogP contribution in [-0.4, -0.2) is 116 Å². The third-order valence-corrected chi connectivity index (χ3v) is 8.37. The van der Waals surface area contributed by atoms with Crippen LogP contribution in [0.3, 0.4) is 0 Å². The number of aromatic hydroxyl groups is 1. The highest BCUT2D eigenvalue weighted by Crippen LogP contribution is 2.41. The van der Waals surface area contributed by atoms with Crippen LogP contribution in [0, 0.1) is 0 Å². The highest BCUT2D eigenvalue weighted by Gasteiger charge is 2.46. The molecule has 0 radical (unpaired) electrons. The maximum Gasteiger partial charge on any atom is 0.239 e. The summed E-state index contributed by atoms with van der Waals surface area (Å²) in [5.41, 5.74) is 0.341. The molecule has 2 saturated heterocycles. The van der Waals surface area contributed by atoms with Gasteiger partial charge >= 0.3 is 0 Å². The summed E-state index contributed by atoms with van der Waals surface area (Å²) in [6.45, 7) is 4.40. The van der Waals surface area contributed by atoms with E-state index in [2.05, 4.69) is 0 Å². The number of phenolic OH excluding ortho intramolecular Hbond substituents is 1. The molecule has 0 saturated carbocycles. The van der Waals surface area contributed by atoms with E-state index in [-0.39, 0.29) is 34.5 Å². The summed E-state index contributed by atoms with van der Waals surface area (Å²) in [5, 5.41) is 82.9. The van der Waals surface area contributed by atoms with E-state index in [4.69, 9.17) is 28.1 Å². The minimum Gasteiger partial charge on any atom is -0.507 e. The standard InChI is InChI=1S/C33H40O15/c1-13(2)5-10-17-19(45-33-28(42)26(40)23(37)20(12-34)46-33)11-18(35)21-24(38)31(48-32-27(41)25(39)22(36)14(3)44-32)29(47-30(17)21)15-6-8-16(43-4)9-7-15/h5-9,11,14,20,22-23,25-28,32-37,39-42H,10,12H2,1-4H3/t14-,20+,22-,23+,25+,26-,27+,28+,32+,33+/m0/s1. The molecule has 10 atom stereocenters. The molecule has 0 amide bonds. The normalized spacial score (nSPS) is 30.6. The van der Waals surface area contributed by atoms with Crippen molar-refractivity contribution in [3.8, 4) is 34.3 Å². The summed E-state index contributed by atoms with van der Waals surface area (Å²) in [4.78, 5) is 14.3. The Morgan fingerprint density at radius 2 is 1.50 bits per heavy atom. The Kier molecular flexibility index (Phi) is 10.6. The van der Waals surface area contributed by atoms with Crippen molar-refractivity contribution in [1.29, 1.82) is 0 Å². The molecule has 1 aromatic heterocycles. The fraction of sp³-hybridized carbons (Fsp3) is 0.485. The van der Waals surface area contributed by atoms with Crippen LogP contribution in [0.4, 0.5) is 0 Å². The molecule has 2 aliphatic heterocycles. The number of fused-ring (bicyclic) bond motifs is 1. The first-order chi connectivity index (χ1) is 22.8. The lowest BCUT2D eigenvalue weighted by atomic mass is 9.99. The fourth-order valence-electron chi connectivity index (χ4n) is 5.52. The van der Waals surface area contributed by atoms with Crippen molar-refractivity contribution in [2.45, 2.75) is 88.6 Å². The van der Waals surface area contributed by atoms with Crippen LogP contribution in [0.1, 0.15) is 26.3 Å². The van der Waals surface area contributed by atoms with Crippen LogP contribution in [-0.2, 0) is 15.9 Å². The molecular weight excluding hydrogens is 636 g/mol. The number of hydrogen-bond acceptors (Lipinski definition) is 15. The largest absolute Gasteiger partial charge is 0.507 e. The van der Waals surface area contributed by atoms with Crippen LogP contribution >= 0.6 is 0 Å². The van der Waals surface area contributed by atoms with Crippen molar-refractivity contribution in [2.24, 2.45) is 0 Å². The van der Waals surface area contributed by atoms with Crippen LogP contribution < -0.4 is 19.6 Å². The Hall–Kier alpha value is -3.77. The van der Waals surface area contributed by atoms with Gasteiger partial charge < -0.3 is 69.0 Å². The number of ether oxygens (including phenoxy) is 5. The third kappa shape index (κ3) is 6.74. The number of allylic oxidation sites excluding steroid dienone is 2. The SMILES string of the molecule is COc1ccc(-c2oc3c(CC=C(C)C)c(O[C@@H]4O[C@H](CO)[C@@H](O)[C@H](O)[C@H]4O)cc(O)c3c(=O)c2O[C@H]2O[C@@H](C)[C@H](O)[C@@H](O)[C@H]2O)cc1. The Bertz CT molecular complexity index is 1680. The zero-order chi connectivity index (χ0) is 35.0. The van der Waals surface area contributed by atoms with E-state index in [1.54, 1.807) is 30.3 Å². The van der Waals surface area contributed by atoms with E-state index < -0.39 is 84.9 Å². The fourth-order valence-corrected chi connectivity index (χ4v) is 5.52. The quantitative estimate of drug-likeness (QED) is 0.140. The summed E-state index contributed by atoms with van der Waals surface area (Å²) >= 11 is 0. The van der Waals surface area contributed by atoms with Gasteiger partial charge in [-0.2, -0.15) is 0 Å². The number of benzene rings is 2. The molecule has 0 unspecified atom stereocenters. The third-order valence-electron chi connectivity index (χ3n) is 8.37. The molecular formula is C33H40O15. The molecule has 15 heteroatoms. The Balaban J connectivity index is 1.71. The molecule has 0 aliphatic carbocycles. The monoisotopic (exact) mass is 676 g/mol. The Morgan fingerprint density at radius 1 is 0.875 bits per heavy atom. The van der Waals surface area contributed by atoms with Crippen LogP contribution in [0.2, 0.25) is 0 Å². The van der Waals surface area contributed by atoms with Gasteiger partial charge in [-0.25, -0.2) is 0 Å². The van der Waals surface area contributed by atoms with E-state index in [1.807, 2.05) is 13.8 Å². The molecule has 3 heterocycles. The lowest BCUT2D eigenvalue weighted by molar-refractivity contribution is -0.277. The number of aliphatic hydroxyl groups is 7. The molecule has 3 aromatic rings. The van der Waals surface area contributed by atoms with Crippen LogP contribution in [0.15, 0.2) is 51.2 Å². The lowest BCUT2D eigenvalue weighted by Gasteiger charge is -2.39. The second-order valence-corrected chi connectivity index (χ2v) is 12.0. The van der Waals surface area contributed by atoms with Crippen LogP contribution in [0.5, 0.6) is 23.0 Å². The first-order valence-corrected chi connectivity index (χ1v) is 15.2. The van der Waals surface area contributed by atoms with Gasteiger partial charge in [0.25, 0.3) is 0 Å². The lowest BCUT2D eigenvalue weighted by Crippen LogP contribution is -2.60. The first kappa shape index (κ1) is 35.5. The van der Waals surface area contributed by atoms with Gasteiger partial charge in [0.15, 0.2) is 5.76 Å². The summed E-state index contributed by atoms with van der Waals surface area (Å²) in [6, 6.07) is 7.41. The van der Waals surface area contributed by atoms with E-state index in [0.717, 1.165) is 11.6 Å². The average molecular weight is 677 g/mol. The number of rotatable bonds is 9. The van der Waals surface area contributed by atoms with Crippen molar-refractivity contribution < 1.29 is 69.0 Å². The molecule has 48 heavy (non-hydrogen) atoms. The first-order valence-electron chi connectivity index (χ1n) is 15.2. The van der Waals surface area contributed by atoms with E-state index in [1.165, 1.54) is 14.0 Å². The van der Waals surface area contributed by atoms with Gasteiger partial charge in [-0.3, -0.25) is 4.79 Å². The maximum absolute atomic E-state index is 14.3. The Labute approximate surface area is 274 Å². The van der Waals surface area contributed by atoms with Crippen molar-refractivity contribution >= 4 is 11.0 Å². The second-order valence-electron chi connectivity index (χ2n) is 12.0. The number of methoxy groups -OCH3 is 1. The molecule has 2 aliphatic rings. The highest BCUT2D eigenvalue weighted by molar-refractivity contribution is 5.91. The van der Waals surface area contributed by atoms with Crippen molar-refractivity contribution in [1.82, 2.24) is 0 Å². The van der Waals surface area contributed by atoms with Gasteiger partial charge in [0.05, 0.1) is 19.8 Å². The van der Waals surface area contributed by atoms with E-state index in [0.29, 0.717) is 11.3 Å². The molecule has 2 aromatic carbocycles. The van der Waals surface area contributed by atoms with Gasteiger partial charge in [0.1, 0.15) is 70.9 Å². The second kappa shape index (κ2) is 14.4. The number of aliphatic hydroxyl groups excluding tert-OH is 7. The molecule has 5 rings (SSSR count). The van der Waals surface area contributed by atoms with Gasteiger partial charge in [0.2, 0.25) is 23.8 Å². The van der Waals surface area contributed by atoms with Crippen molar-refractivity contribution in [3.63, 3.8) is 0 Å². The number of phenols is 1. The topological polar surface area (TPSA) is 238 Å². The molecule has 2 fully saturated rings. The summed E-state index contributed by atoms with van der Waals surface area (Å²) in [7, 11) is 1.47. The van der Waals surface area contributed by atoms with Gasteiger partial charge in [0, 0.05) is 17.2 Å². The minimum atomic E-state index is -1.77. The average Bonchev–Trinajstić information content (AvgIpc) is 3.06. The minimum absolute atomic E-state index is 0.0725. The predicted molar refractivity (Wildman–Crippen MR) is 167 cm³/mol. The summed E-state index contributed by atoms with van der Waals surface area (Å²) in [6.07, 6.45) is -13.7. The van der Waals surface area contributed by atoms with Crippen molar-refractivity contribution in [3.05, 3.63) is 57.8 Å². The highest BCUT2D eigenvalue weighted by atomic mass is 16.7.